The van der Waals surface area contributed by atoms with E-state index in [1.165, 1.54) is 48.0 Å². The number of thioether (sulfide) groups is 1. The van der Waals surface area contributed by atoms with Crippen molar-refractivity contribution in [2.75, 3.05) is 14.2 Å². The van der Waals surface area contributed by atoms with E-state index in [1.807, 2.05) is 0 Å². The summed E-state index contributed by atoms with van der Waals surface area (Å²) in [6.45, 7) is 0.142. The lowest BCUT2D eigenvalue weighted by atomic mass is 10.1. The highest BCUT2D eigenvalue weighted by atomic mass is 35.5. The van der Waals surface area contributed by atoms with E-state index < -0.39 is 11.9 Å². The highest BCUT2D eigenvalue weighted by molar-refractivity contribution is 8.18. The second-order valence-corrected chi connectivity index (χ2v) is 9.46. The van der Waals surface area contributed by atoms with Gasteiger partial charge in [-0.1, -0.05) is 23.7 Å². The summed E-state index contributed by atoms with van der Waals surface area (Å²) in [4.78, 5) is 41.2. The molecule has 9 nitrogen and oxygen atoms in total. The van der Waals surface area contributed by atoms with Crippen LogP contribution in [0.5, 0.6) is 11.5 Å². The third kappa shape index (κ3) is 5.99. The Labute approximate surface area is 227 Å². The standard InChI is InChI=1S/C27H21ClN2O7S/c1-30-24(31)22(38-27(30)29-19-9-7-18(8-10-19)26(34)35)13-16-11-20(28)23(21(12-16)36-2)37-14-15-3-5-17(6-4-15)25(32)33/h3-13H,14H2,1-2H3,(H,32,33)(H,34,35)/b22-13-,29-27?. The van der Waals surface area contributed by atoms with Crippen LogP contribution >= 0.6 is 23.4 Å². The van der Waals surface area contributed by atoms with Gasteiger partial charge in [-0.2, -0.15) is 0 Å². The van der Waals surface area contributed by atoms with Crippen molar-refractivity contribution in [3.63, 3.8) is 0 Å². The van der Waals surface area contributed by atoms with E-state index in [0.29, 0.717) is 32.8 Å². The highest BCUT2D eigenvalue weighted by Crippen LogP contribution is 2.39. The number of carboxylic acids is 2. The van der Waals surface area contributed by atoms with Gasteiger partial charge in [-0.3, -0.25) is 9.69 Å². The molecule has 0 bridgehead atoms. The van der Waals surface area contributed by atoms with Crippen molar-refractivity contribution in [3.8, 4) is 11.5 Å². The van der Waals surface area contributed by atoms with Crippen LogP contribution in [-0.2, 0) is 11.4 Å². The maximum atomic E-state index is 12.8. The van der Waals surface area contributed by atoms with E-state index >= 15 is 0 Å². The molecule has 0 unspecified atom stereocenters. The average molecular weight is 553 g/mol. The Morgan fingerprint density at radius 3 is 2.21 bits per heavy atom. The maximum Gasteiger partial charge on any atom is 0.335 e. The Morgan fingerprint density at radius 2 is 1.63 bits per heavy atom. The van der Waals surface area contributed by atoms with E-state index in [-0.39, 0.29) is 28.7 Å². The van der Waals surface area contributed by atoms with Crippen molar-refractivity contribution >= 4 is 58.1 Å². The zero-order valence-corrected chi connectivity index (χ0v) is 21.7. The summed E-state index contributed by atoms with van der Waals surface area (Å²) < 4.78 is 11.3. The lowest BCUT2D eigenvalue weighted by molar-refractivity contribution is -0.121. The first-order valence-electron chi connectivity index (χ1n) is 11.1. The Hall–Kier alpha value is -4.28. The predicted octanol–water partition coefficient (Wildman–Crippen LogP) is 5.56. The van der Waals surface area contributed by atoms with E-state index in [1.54, 1.807) is 49.5 Å². The van der Waals surface area contributed by atoms with E-state index in [9.17, 15) is 14.4 Å². The van der Waals surface area contributed by atoms with Gasteiger partial charge in [-0.05, 0) is 77.5 Å². The number of nitrogens with zero attached hydrogens (tertiary/aromatic N) is 2. The number of amidine groups is 1. The minimum atomic E-state index is -1.03. The van der Waals surface area contributed by atoms with Crippen LogP contribution in [0.15, 0.2) is 70.6 Å². The monoisotopic (exact) mass is 552 g/mol. The molecular formula is C27H21ClN2O7S. The molecule has 3 aromatic carbocycles. The van der Waals surface area contributed by atoms with E-state index in [0.717, 1.165) is 5.56 Å². The van der Waals surface area contributed by atoms with Gasteiger partial charge in [0.2, 0.25) is 0 Å². The molecule has 194 valence electrons. The van der Waals surface area contributed by atoms with Crippen LogP contribution in [0.4, 0.5) is 5.69 Å². The normalized spacial score (nSPS) is 15.2. The summed E-state index contributed by atoms with van der Waals surface area (Å²) in [5, 5.41) is 18.8. The zero-order chi connectivity index (χ0) is 27.4. The van der Waals surface area contributed by atoms with Gasteiger partial charge in [0.15, 0.2) is 16.7 Å². The Balaban J connectivity index is 1.53. The van der Waals surface area contributed by atoms with Gasteiger partial charge in [-0.15, -0.1) is 0 Å². The molecule has 0 radical (unpaired) electrons. The molecule has 1 aliphatic heterocycles. The molecule has 2 N–H and O–H groups in total. The van der Waals surface area contributed by atoms with Crippen molar-refractivity contribution in [1.29, 1.82) is 0 Å². The quantitative estimate of drug-likeness (QED) is 0.348. The van der Waals surface area contributed by atoms with Gasteiger partial charge in [0.1, 0.15) is 6.61 Å². The number of carboxylic acid groups (broad SMARTS) is 2. The van der Waals surface area contributed by atoms with Crippen LogP contribution in [0.25, 0.3) is 6.08 Å². The van der Waals surface area contributed by atoms with Gasteiger partial charge < -0.3 is 19.7 Å². The number of hydrogen-bond donors (Lipinski definition) is 2. The molecule has 1 amide bonds. The number of carbonyl (C=O) groups is 3. The van der Waals surface area contributed by atoms with Crippen molar-refractivity contribution in [3.05, 3.63) is 92.8 Å². The first-order valence-corrected chi connectivity index (χ1v) is 12.3. The second kappa shape index (κ2) is 11.4. The summed E-state index contributed by atoms with van der Waals surface area (Å²) >= 11 is 7.66. The van der Waals surface area contributed by atoms with Crippen LogP contribution in [-0.4, -0.2) is 52.3 Å². The lowest BCUT2D eigenvalue weighted by Crippen LogP contribution is -2.23. The second-order valence-electron chi connectivity index (χ2n) is 8.05. The molecule has 0 spiro atoms. The van der Waals surface area contributed by atoms with E-state index in [2.05, 4.69) is 4.99 Å². The number of ether oxygens (including phenoxy) is 2. The Kier molecular flexibility index (Phi) is 8.04. The molecule has 11 heteroatoms. The van der Waals surface area contributed by atoms with Crippen LogP contribution in [0.1, 0.15) is 31.8 Å². The zero-order valence-electron chi connectivity index (χ0n) is 20.2. The smallest absolute Gasteiger partial charge is 0.335 e. The molecule has 1 saturated heterocycles. The summed E-state index contributed by atoms with van der Waals surface area (Å²) in [6, 6.07) is 15.7. The number of benzene rings is 3. The first-order chi connectivity index (χ1) is 18.2. The number of rotatable bonds is 8. The van der Waals surface area contributed by atoms with Crippen molar-refractivity contribution < 1.29 is 34.1 Å². The van der Waals surface area contributed by atoms with Crippen LogP contribution < -0.4 is 9.47 Å². The van der Waals surface area contributed by atoms with Crippen LogP contribution in [0.2, 0.25) is 5.02 Å². The van der Waals surface area contributed by atoms with Crippen molar-refractivity contribution in [1.82, 2.24) is 4.90 Å². The largest absolute Gasteiger partial charge is 0.493 e. The summed E-state index contributed by atoms with van der Waals surface area (Å²) in [7, 11) is 3.08. The summed E-state index contributed by atoms with van der Waals surface area (Å²) in [5.41, 5.74) is 2.20. The molecule has 1 heterocycles. The molecule has 1 fully saturated rings. The van der Waals surface area contributed by atoms with E-state index in [4.69, 9.17) is 31.3 Å². The van der Waals surface area contributed by atoms with Gasteiger partial charge >= 0.3 is 11.9 Å². The fourth-order valence-corrected chi connectivity index (χ4v) is 4.71. The summed E-state index contributed by atoms with van der Waals surface area (Å²) in [5.74, 6) is -1.62. The molecule has 0 aliphatic carbocycles. The third-order valence-corrected chi connectivity index (χ3v) is 6.82. The predicted molar refractivity (Wildman–Crippen MR) is 145 cm³/mol. The van der Waals surface area contributed by atoms with Gasteiger partial charge in [0.05, 0.1) is 33.9 Å². The molecule has 1 aliphatic rings. The number of aromatic carboxylic acids is 2. The minimum absolute atomic E-state index is 0.142. The number of amides is 1. The maximum absolute atomic E-state index is 12.8. The van der Waals surface area contributed by atoms with Gasteiger partial charge in [-0.25, -0.2) is 14.6 Å². The molecular weight excluding hydrogens is 532 g/mol. The number of methoxy groups -OCH3 is 1. The Bertz CT molecular complexity index is 1470. The molecule has 0 aromatic heterocycles. The SMILES string of the molecule is COc1cc(/C=C2\SC(=Nc3ccc(C(=O)O)cc3)N(C)C2=O)cc(Cl)c1OCc1ccc(C(=O)O)cc1. The number of carbonyl (C=O) groups excluding carboxylic acids is 1. The molecule has 0 saturated carbocycles. The molecule has 0 atom stereocenters. The van der Waals surface area contributed by atoms with Gasteiger partial charge in [0, 0.05) is 7.05 Å². The lowest BCUT2D eigenvalue weighted by Gasteiger charge is -2.14. The fraction of sp³-hybridized carbons (Fsp3) is 0.111. The molecule has 4 rings (SSSR count). The number of aliphatic imine (C=N–C) groups is 1. The first kappa shape index (κ1) is 26.8. The third-order valence-electron chi connectivity index (χ3n) is 5.48. The number of halogens is 1. The van der Waals surface area contributed by atoms with Crippen molar-refractivity contribution in [2.24, 2.45) is 4.99 Å². The van der Waals surface area contributed by atoms with Gasteiger partial charge in [0.25, 0.3) is 5.91 Å². The highest BCUT2D eigenvalue weighted by Gasteiger charge is 2.30. The molecule has 3 aromatic rings. The topological polar surface area (TPSA) is 126 Å². The average Bonchev–Trinajstić information content (AvgIpc) is 3.15. The number of likely N-dealkylation sites (N-methyl/N-ethyl adjacent to an activating group) is 1. The van der Waals surface area contributed by atoms with Crippen LogP contribution in [0.3, 0.4) is 0 Å². The minimum Gasteiger partial charge on any atom is -0.493 e. The van der Waals surface area contributed by atoms with Crippen LogP contribution in [0, 0.1) is 0 Å². The van der Waals surface area contributed by atoms with Crippen molar-refractivity contribution in [2.45, 2.75) is 6.61 Å². The number of hydrogen-bond acceptors (Lipinski definition) is 7. The Morgan fingerprint density at radius 1 is 1.03 bits per heavy atom. The fourth-order valence-electron chi connectivity index (χ4n) is 3.45. The molecule has 38 heavy (non-hydrogen) atoms. The summed E-state index contributed by atoms with van der Waals surface area (Å²) in [6.07, 6.45) is 1.67.